The quantitative estimate of drug-likeness (QED) is 0.573. The Kier molecular flexibility index (Phi) is 5.66. The molecule has 0 bridgehead atoms. The summed E-state index contributed by atoms with van der Waals surface area (Å²) < 4.78 is 0. The van der Waals surface area contributed by atoms with Crippen molar-refractivity contribution in [3.05, 3.63) is 0 Å². The highest BCUT2D eigenvalue weighted by Gasteiger charge is 2.18. The second kappa shape index (κ2) is 5.94. The van der Waals surface area contributed by atoms with Crippen molar-refractivity contribution in [3.63, 3.8) is 0 Å². The molecule has 0 fully saturated rings. The van der Waals surface area contributed by atoms with Gasteiger partial charge < -0.3 is 15.3 Å². The van der Waals surface area contributed by atoms with E-state index in [9.17, 15) is 15.0 Å². The third-order valence-electron chi connectivity index (χ3n) is 2.22. The summed E-state index contributed by atoms with van der Waals surface area (Å²) in [6, 6.07) is 0. The van der Waals surface area contributed by atoms with E-state index in [-0.39, 0.29) is 18.8 Å². The van der Waals surface area contributed by atoms with Gasteiger partial charge in [0.25, 0.3) is 0 Å². The lowest BCUT2D eigenvalue weighted by molar-refractivity contribution is -0.139. The van der Waals surface area contributed by atoms with E-state index in [0.29, 0.717) is 0 Å². The van der Waals surface area contributed by atoms with Crippen LogP contribution in [0.15, 0.2) is 0 Å². The standard InChI is InChI=1S/C9H18O4/c1-3-6(2)8(11)4-7(10)5-9(12)13/h6-8,10-11H,3-5H2,1-2H3,(H,12,13)/t6-,7-,8-/m0/s1. The molecule has 0 aliphatic rings. The summed E-state index contributed by atoms with van der Waals surface area (Å²) in [5, 5.41) is 27.0. The summed E-state index contributed by atoms with van der Waals surface area (Å²) in [5.41, 5.74) is 0. The zero-order valence-electron chi connectivity index (χ0n) is 8.10. The van der Waals surface area contributed by atoms with Gasteiger partial charge in [-0.05, 0) is 5.92 Å². The first-order chi connectivity index (χ1) is 5.97. The van der Waals surface area contributed by atoms with Crippen LogP contribution in [-0.2, 0) is 4.79 Å². The van der Waals surface area contributed by atoms with Crippen molar-refractivity contribution >= 4 is 5.97 Å². The van der Waals surface area contributed by atoms with Gasteiger partial charge in [0, 0.05) is 6.42 Å². The zero-order valence-corrected chi connectivity index (χ0v) is 8.10. The van der Waals surface area contributed by atoms with E-state index < -0.39 is 18.2 Å². The Morgan fingerprint density at radius 1 is 1.38 bits per heavy atom. The summed E-state index contributed by atoms with van der Waals surface area (Å²) in [6.45, 7) is 3.82. The van der Waals surface area contributed by atoms with Gasteiger partial charge in [-0.3, -0.25) is 4.79 Å². The molecule has 0 spiro atoms. The van der Waals surface area contributed by atoms with Crippen molar-refractivity contribution in [2.45, 2.75) is 45.3 Å². The van der Waals surface area contributed by atoms with Crippen LogP contribution in [0.3, 0.4) is 0 Å². The summed E-state index contributed by atoms with van der Waals surface area (Å²) in [5.74, 6) is -0.938. The lowest BCUT2D eigenvalue weighted by Gasteiger charge is -2.19. The van der Waals surface area contributed by atoms with E-state index in [2.05, 4.69) is 0 Å². The molecule has 0 aromatic rings. The fourth-order valence-corrected chi connectivity index (χ4v) is 1.07. The molecule has 0 saturated carbocycles. The monoisotopic (exact) mass is 190 g/mol. The van der Waals surface area contributed by atoms with Crippen LogP contribution >= 0.6 is 0 Å². The Balaban J connectivity index is 3.76. The van der Waals surface area contributed by atoms with Crippen molar-refractivity contribution in [2.75, 3.05) is 0 Å². The summed E-state index contributed by atoms with van der Waals surface area (Å²) in [4.78, 5) is 10.2. The van der Waals surface area contributed by atoms with Crippen molar-refractivity contribution in [3.8, 4) is 0 Å². The molecular weight excluding hydrogens is 172 g/mol. The lowest BCUT2D eigenvalue weighted by Crippen LogP contribution is -2.25. The molecule has 0 aromatic heterocycles. The maximum Gasteiger partial charge on any atom is 0.305 e. The number of carbonyl (C=O) groups is 1. The van der Waals surface area contributed by atoms with Gasteiger partial charge in [0.05, 0.1) is 18.6 Å². The molecule has 0 amide bonds. The van der Waals surface area contributed by atoms with Crippen LogP contribution in [-0.4, -0.2) is 33.5 Å². The molecule has 78 valence electrons. The minimum Gasteiger partial charge on any atom is -0.481 e. The predicted octanol–water partition coefficient (Wildman–Crippen LogP) is 0.619. The largest absolute Gasteiger partial charge is 0.481 e. The summed E-state index contributed by atoms with van der Waals surface area (Å²) >= 11 is 0. The molecule has 0 saturated heterocycles. The van der Waals surface area contributed by atoms with E-state index >= 15 is 0 Å². The number of hydrogen-bond acceptors (Lipinski definition) is 3. The van der Waals surface area contributed by atoms with Gasteiger partial charge in [-0.25, -0.2) is 0 Å². The van der Waals surface area contributed by atoms with E-state index in [1.165, 1.54) is 0 Å². The lowest BCUT2D eigenvalue weighted by atomic mass is 9.96. The number of aliphatic hydroxyl groups is 2. The van der Waals surface area contributed by atoms with Crippen LogP contribution in [0, 0.1) is 5.92 Å². The molecule has 4 heteroatoms. The van der Waals surface area contributed by atoms with Gasteiger partial charge in [0.2, 0.25) is 0 Å². The first-order valence-electron chi connectivity index (χ1n) is 4.55. The second-order valence-corrected chi connectivity index (χ2v) is 3.44. The Bertz CT molecular complexity index is 158. The van der Waals surface area contributed by atoms with Gasteiger partial charge in [0.15, 0.2) is 0 Å². The fourth-order valence-electron chi connectivity index (χ4n) is 1.07. The first kappa shape index (κ1) is 12.4. The summed E-state index contributed by atoms with van der Waals surface area (Å²) in [6.07, 6.45) is -0.892. The van der Waals surface area contributed by atoms with Crippen LogP contribution in [0.25, 0.3) is 0 Å². The van der Waals surface area contributed by atoms with Crippen molar-refractivity contribution in [1.82, 2.24) is 0 Å². The number of aliphatic hydroxyl groups excluding tert-OH is 2. The normalized spacial score (nSPS) is 17.8. The van der Waals surface area contributed by atoms with Crippen molar-refractivity contribution in [2.24, 2.45) is 5.92 Å². The molecule has 13 heavy (non-hydrogen) atoms. The molecule has 0 rings (SSSR count). The molecule has 0 unspecified atom stereocenters. The van der Waals surface area contributed by atoms with Crippen molar-refractivity contribution in [1.29, 1.82) is 0 Å². The number of carboxylic acids is 1. The van der Waals surface area contributed by atoms with Gasteiger partial charge in [-0.2, -0.15) is 0 Å². The average molecular weight is 190 g/mol. The second-order valence-electron chi connectivity index (χ2n) is 3.44. The molecule has 0 radical (unpaired) electrons. The smallest absolute Gasteiger partial charge is 0.305 e. The van der Waals surface area contributed by atoms with Gasteiger partial charge in [0.1, 0.15) is 0 Å². The van der Waals surface area contributed by atoms with E-state index in [0.717, 1.165) is 6.42 Å². The molecule has 3 atom stereocenters. The number of rotatable bonds is 6. The Morgan fingerprint density at radius 3 is 2.31 bits per heavy atom. The average Bonchev–Trinajstić information content (AvgIpc) is 2.01. The Hall–Kier alpha value is -0.610. The van der Waals surface area contributed by atoms with Crippen LogP contribution in [0.2, 0.25) is 0 Å². The third kappa shape index (κ3) is 5.60. The van der Waals surface area contributed by atoms with Gasteiger partial charge in [-0.1, -0.05) is 20.3 Å². The van der Waals surface area contributed by atoms with Crippen LogP contribution in [0.5, 0.6) is 0 Å². The molecule has 0 aliphatic carbocycles. The molecule has 0 heterocycles. The number of hydrogen-bond donors (Lipinski definition) is 3. The van der Waals surface area contributed by atoms with Crippen LogP contribution < -0.4 is 0 Å². The summed E-state index contributed by atoms with van der Waals surface area (Å²) in [7, 11) is 0. The number of aliphatic carboxylic acids is 1. The molecule has 0 aromatic carbocycles. The minimum absolute atomic E-state index is 0.100. The topological polar surface area (TPSA) is 77.8 Å². The molecule has 0 aliphatic heterocycles. The van der Waals surface area contributed by atoms with E-state index in [1.54, 1.807) is 0 Å². The highest BCUT2D eigenvalue weighted by Crippen LogP contribution is 2.13. The molecule has 3 N–H and O–H groups in total. The maximum atomic E-state index is 10.2. The highest BCUT2D eigenvalue weighted by molar-refractivity contribution is 5.67. The molecule has 4 nitrogen and oxygen atoms in total. The molecular formula is C9H18O4. The van der Waals surface area contributed by atoms with E-state index in [4.69, 9.17) is 5.11 Å². The Labute approximate surface area is 78.2 Å². The maximum absolute atomic E-state index is 10.2. The zero-order chi connectivity index (χ0) is 10.4. The van der Waals surface area contributed by atoms with Gasteiger partial charge >= 0.3 is 5.97 Å². The predicted molar refractivity (Wildman–Crippen MR) is 48.3 cm³/mol. The fraction of sp³-hybridized carbons (Fsp3) is 0.889. The Morgan fingerprint density at radius 2 is 1.92 bits per heavy atom. The van der Waals surface area contributed by atoms with E-state index in [1.807, 2.05) is 13.8 Å². The minimum atomic E-state index is -1.04. The van der Waals surface area contributed by atoms with Gasteiger partial charge in [-0.15, -0.1) is 0 Å². The third-order valence-corrected chi connectivity index (χ3v) is 2.22. The number of carboxylic acid groups (broad SMARTS) is 1. The van der Waals surface area contributed by atoms with Crippen molar-refractivity contribution < 1.29 is 20.1 Å². The van der Waals surface area contributed by atoms with Crippen LogP contribution in [0.1, 0.15) is 33.1 Å². The van der Waals surface area contributed by atoms with Crippen LogP contribution in [0.4, 0.5) is 0 Å². The SMILES string of the molecule is CC[C@H](C)[C@@H](O)C[C@H](O)CC(=O)O. The first-order valence-corrected chi connectivity index (χ1v) is 4.55. The highest BCUT2D eigenvalue weighted by atomic mass is 16.4.